The Kier molecular flexibility index (Phi) is 20.5. The number of nitrogens with two attached hydrogens (primary N) is 1. The van der Waals surface area contributed by atoms with Gasteiger partial charge in [0.1, 0.15) is 6.54 Å². The first kappa shape index (κ1) is 25.4. The van der Waals surface area contributed by atoms with Crippen LogP contribution < -0.4 is 11.1 Å². The van der Waals surface area contributed by atoms with E-state index in [9.17, 15) is 14.4 Å². The number of amides is 1. The summed E-state index contributed by atoms with van der Waals surface area (Å²) >= 11 is 0. The molecule has 7 heteroatoms. The molecule has 23 heavy (non-hydrogen) atoms. The summed E-state index contributed by atoms with van der Waals surface area (Å²) in [5.41, 5.74) is 5.00. The number of unbranched alkanes of at least 4 members (excludes halogenated alkanes) is 8. The molecule has 0 saturated carbocycles. The zero-order valence-corrected chi connectivity index (χ0v) is 13.7. The van der Waals surface area contributed by atoms with Crippen LogP contribution in [0.1, 0.15) is 71.1 Å². The van der Waals surface area contributed by atoms with E-state index in [-0.39, 0.29) is 70.4 Å². The molecule has 1 amide bonds. The average molecular weight is 355 g/mol. The molecule has 0 aromatic heterocycles. The number of carbonyl (C=O) groups is 3. The van der Waals surface area contributed by atoms with Gasteiger partial charge in [0, 0.05) is 6.42 Å². The monoisotopic (exact) mass is 354 g/mol. The summed E-state index contributed by atoms with van der Waals surface area (Å²) < 4.78 is 4.33. The number of ether oxygens (including phenoxy) is 1. The molecular formula is C16H31KN2O4. The summed E-state index contributed by atoms with van der Waals surface area (Å²) in [6.07, 6.45) is 11.1. The molecule has 0 fully saturated rings. The molecule has 130 valence electrons. The molecule has 0 spiro atoms. The topological polar surface area (TPSA) is 98.5 Å². The van der Waals surface area contributed by atoms with Crippen LogP contribution in [-0.2, 0) is 19.1 Å². The molecule has 0 atom stereocenters. The van der Waals surface area contributed by atoms with Crippen molar-refractivity contribution in [3.05, 3.63) is 0 Å². The summed E-state index contributed by atoms with van der Waals surface area (Å²) in [4.78, 5) is 33.3. The Balaban J connectivity index is 0. The van der Waals surface area contributed by atoms with Crippen molar-refractivity contribution in [2.24, 2.45) is 5.73 Å². The number of esters is 2. The minimum absolute atomic E-state index is 0. The van der Waals surface area contributed by atoms with Crippen LogP contribution in [0.5, 0.6) is 0 Å². The Morgan fingerprint density at radius 3 is 1.91 bits per heavy atom. The molecule has 0 aliphatic carbocycles. The number of rotatable bonds is 13. The van der Waals surface area contributed by atoms with Gasteiger partial charge in [0.25, 0.3) is 0 Å². The van der Waals surface area contributed by atoms with E-state index in [0.29, 0.717) is 6.42 Å². The fourth-order valence-electron chi connectivity index (χ4n) is 2.06. The van der Waals surface area contributed by atoms with Crippen LogP contribution in [0.25, 0.3) is 0 Å². The van der Waals surface area contributed by atoms with Crippen LogP contribution in [0, 0.1) is 0 Å². The second-order valence-corrected chi connectivity index (χ2v) is 5.41. The Hall–Kier alpha value is 0.206. The minimum atomic E-state index is -0.793. The van der Waals surface area contributed by atoms with Gasteiger partial charge in [-0.25, -0.2) is 4.79 Å². The van der Waals surface area contributed by atoms with Crippen LogP contribution >= 0.6 is 0 Å². The average Bonchev–Trinajstić information content (AvgIpc) is 2.51. The number of hydrogen-bond acceptors (Lipinski definition) is 5. The van der Waals surface area contributed by atoms with E-state index >= 15 is 0 Å². The molecule has 0 aromatic rings. The van der Waals surface area contributed by atoms with Gasteiger partial charge in [-0.15, -0.1) is 0 Å². The van der Waals surface area contributed by atoms with Gasteiger partial charge < -0.3 is 15.8 Å². The standard InChI is InChI=1S/C16H30N2O4.K.H/c1-2-3-4-5-6-7-8-9-10-11-14(19)18-13-16(21)22-15(20)12-17;;/h2-13,17H2,1H3,(H,18,19);;. The predicted molar refractivity (Wildman–Crippen MR) is 92.2 cm³/mol. The van der Waals surface area contributed by atoms with E-state index in [1.54, 1.807) is 0 Å². The van der Waals surface area contributed by atoms with Gasteiger partial charge in [-0.1, -0.05) is 58.3 Å². The number of carbonyl (C=O) groups excluding carboxylic acids is 3. The van der Waals surface area contributed by atoms with E-state index in [2.05, 4.69) is 17.0 Å². The summed E-state index contributed by atoms with van der Waals surface area (Å²) in [5, 5.41) is 2.43. The molecule has 0 aliphatic heterocycles. The van der Waals surface area contributed by atoms with Crippen molar-refractivity contribution >= 4 is 69.2 Å². The Labute approximate surface area is 182 Å². The van der Waals surface area contributed by atoms with Crippen molar-refractivity contribution in [3.8, 4) is 0 Å². The van der Waals surface area contributed by atoms with Crippen molar-refractivity contribution < 1.29 is 19.1 Å². The van der Waals surface area contributed by atoms with E-state index in [1.165, 1.54) is 38.5 Å². The van der Waals surface area contributed by atoms with Crippen LogP contribution in [0.4, 0.5) is 0 Å². The Bertz CT molecular complexity index is 338. The fourth-order valence-corrected chi connectivity index (χ4v) is 2.06. The van der Waals surface area contributed by atoms with Crippen LogP contribution in [0.3, 0.4) is 0 Å². The van der Waals surface area contributed by atoms with Crippen LogP contribution in [0.2, 0.25) is 0 Å². The molecule has 6 nitrogen and oxygen atoms in total. The second-order valence-electron chi connectivity index (χ2n) is 5.41. The first-order valence-electron chi connectivity index (χ1n) is 8.30. The molecule has 0 bridgehead atoms. The Morgan fingerprint density at radius 1 is 0.870 bits per heavy atom. The summed E-state index contributed by atoms with van der Waals surface area (Å²) in [6.45, 7) is 1.57. The molecule has 3 N–H and O–H groups in total. The molecule has 0 aliphatic rings. The molecule has 0 saturated heterocycles. The quantitative estimate of drug-likeness (QED) is 0.225. The Morgan fingerprint density at radius 2 is 1.39 bits per heavy atom. The third-order valence-electron chi connectivity index (χ3n) is 3.33. The zero-order chi connectivity index (χ0) is 16.6. The van der Waals surface area contributed by atoms with Crippen molar-refractivity contribution in [3.63, 3.8) is 0 Å². The third-order valence-corrected chi connectivity index (χ3v) is 3.33. The van der Waals surface area contributed by atoms with Crippen LogP contribution in [0.15, 0.2) is 0 Å². The first-order chi connectivity index (χ1) is 10.6. The molecule has 0 aromatic carbocycles. The summed E-state index contributed by atoms with van der Waals surface area (Å²) in [6, 6.07) is 0. The van der Waals surface area contributed by atoms with Gasteiger partial charge in [-0.2, -0.15) is 0 Å². The van der Waals surface area contributed by atoms with Crippen molar-refractivity contribution in [2.75, 3.05) is 13.1 Å². The maximum atomic E-state index is 11.5. The van der Waals surface area contributed by atoms with Crippen LogP contribution in [-0.4, -0.2) is 82.3 Å². The fraction of sp³-hybridized carbons (Fsp3) is 0.812. The van der Waals surface area contributed by atoms with Crippen molar-refractivity contribution in [1.82, 2.24) is 5.32 Å². The number of hydrogen-bond donors (Lipinski definition) is 2. The predicted octanol–water partition coefficient (Wildman–Crippen LogP) is 1.40. The van der Waals surface area contributed by atoms with Gasteiger partial charge in [-0.05, 0) is 6.42 Å². The molecule has 0 heterocycles. The van der Waals surface area contributed by atoms with Crippen molar-refractivity contribution in [2.45, 2.75) is 71.1 Å². The third kappa shape index (κ3) is 18.4. The summed E-state index contributed by atoms with van der Waals surface area (Å²) in [7, 11) is 0. The van der Waals surface area contributed by atoms with E-state index < -0.39 is 11.9 Å². The maximum absolute atomic E-state index is 11.5. The normalized spacial score (nSPS) is 9.83. The second kappa shape index (κ2) is 18.5. The SMILES string of the molecule is CCCCCCCCCCCC(=O)NCC(=O)OC(=O)CN.[KH]. The molecular weight excluding hydrogens is 323 g/mol. The van der Waals surface area contributed by atoms with Gasteiger partial charge >= 0.3 is 63.3 Å². The van der Waals surface area contributed by atoms with Crippen molar-refractivity contribution in [1.29, 1.82) is 0 Å². The number of nitrogens with one attached hydrogen (secondary N) is 1. The van der Waals surface area contributed by atoms with E-state index in [1.807, 2.05) is 0 Å². The van der Waals surface area contributed by atoms with Gasteiger partial charge in [0.05, 0.1) is 6.54 Å². The molecule has 0 radical (unpaired) electrons. The molecule has 0 unspecified atom stereocenters. The van der Waals surface area contributed by atoms with Gasteiger partial charge in [-0.3, -0.25) is 9.59 Å². The van der Waals surface area contributed by atoms with E-state index in [4.69, 9.17) is 5.73 Å². The first-order valence-corrected chi connectivity index (χ1v) is 8.30. The van der Waals surface area contributed by atoms with Gasteiger partial charge in [0.15, 0.2) is 0 Å². The van der Waals surface area contributed by atoms with Gasteiger partial charge in [0.2, 0.25) is 5.91 Å². The summed E-state index contributed by atoms with van der Waals surface area (Å²) in [5.74, 6) is -1.77. The van der Waals surface area contributed by atoms with E-state index in [0.717, 1.165) is 19.3 Å². The molecule has 0 rings (SSSR count). The zero-order valence-electron chi connectivity index (χ0n) is 13.7.